The van der Waals surface area contributed by atoms with E-state index in [1.165, 1.54) is 17.5 Å². The number of carbonyl (C=O) groups excluding carboxylic acids is 1. The van der Waals surface area contributed by atoms with E-state index in [0.29, 0.717) is 6.54 Å². The number of nitrogens with zero attached hydrogens (tertiary/aromatic N) is 3. The van der Waals surface area contributed by atoms with Crippen LogP contribution in [-0.4, -0.2) is 20.7 Å². The summed E-state index contributed by atoms with van der Waals surface area (Å²) in [5.74, 6) is 0.00743. The Balaban J connectivity index is 1.57. The number of hydrogen-bond acceptors (Lipinski definition) is 3. The zero-order valence-electron chi connectivity index (χ0n) is 14.6. The molecule has 1 N–H and O–H groups in total. The standard InChI is InChI=1S/C21H22N4O/c26-21(19-12-6-10-16-7-4-5-11-18(16)19)24-20(13-25-15-22-14-23-25)17-8-2-1-3-9-17/h1-5,7-9,11,14-15,19-20H,6,10,12-13H2,(H,24,26). The second-order valence-corrected chi connectivity index (χ2v) is 6.73. The fourth-order valence-corrected chi connectivity index (χ4v) is 3.73. The molecule has 2 aromatic carbocycles. The van der Waals surface area contributed by atoms with E-state index in [1.54, 1.807) is 11.0 Å². The lowest BCUT2D eigenvalue weighted by Crippen LogP contribution is -2.36. The van der Waals surface area contributed by atoms with Gasteiger partial charge in [-0.1, -0.05) is 54.6 Å². The lowest BCUT2D eigenvalue weighted by Gasteiger charge is -2.27. The summed E-state index contributed by atoms with van der Waals surface area (Å²) in [7, 11) is 0. The first-order valence-corrected chi connectivity index (χ1v) is 9.07. The van der Waals surface area contributed by atoms with Gasteiger partial charge in [0.25, 0.3) is 0 Å². The summed E-state index contributed by atoms with van der Waals surface area (Å²) < 4.78 is 1.76. The van der Waals surface area contributed by atoms with E-state index >= 15 is 0 Å². The molecular weight excluding hydrogens is 324 g/mol. The minimum atomic E-state index is -0.139. The molecule has 1 aromatic heterocycles. The Morgan fingerprint density at radius 1 is 1.15 bits per heavy atom. The molecular formula is C21H22N4O. The smallest absolute Gasteiger partial charge is 0.228 e. The minimum absolute atomic E-state index is 0.0816. The molecule has 0 saturated heterocycles. The van der Waals surface area contributed by atoms with Gasteiger partial charge in [0, 0.05) is 0 Å². The number of nitrogens with one attached hydrogen (secondary N) is 1. The Hall–Kier alpha value is -2.95. The van der Waals surface area contributed by atoms with Crippen LogP contribution < -0.4 is 5.32 Å². The Morgan fingerprint density at radius 2 is 1.96 bits per heavy atom. The largest absolute Gasteiger partial charge is 0.347 e. The van der Waals surface area contributed by atoms with E-state index in [-0.39, 0.29) is 17.9 Å². The molecule has 3 aromatic rings. The first-order chi connectivity index (χ1) is 12.8. The molecule has 0 aliphatic heterocycles. The van der Waals surface area contributed by atoms with Gasteiger partial charge in [-0.15, -0.1) is 0 Å². The number of benzene rings is 2. The fraction of sp³-hybridized carbons (Fsp3) is 0.286. The van der Waals surface area contributed by atoms with Crippen LogP contribution in [0.1, 0.15) is 41.5 Å². The van der Waals surface area contributed by atoms with Crippen molar-refractivity contribution in [3.63, 3.8) is 0 Å². The van der Waals surface area contributed by atoms with Crippen molar-refractivity contribution in [3.05, 3.63) is 83.9 Å². The summed E-state index contributed by atoms with van der Waals surface area (Å²) in [6.45, 7) is 0.560. The van der Waals surface area contributed by atoms with Gasteiger partial charge in [-0.2, -0.15) is 5.10 Å². The first-order valence-electron chi connectivity index (χ1n) is 9.07. The van der Waals surface area contributed by atoms with Crippen LogP contribution in [0.5, 0.6) is 0 Å². The van der Waals surface area contributed by atoms with Gasteiger partial charge in [-0.3, -0.25) is 9.48 Å². The topological polar surface area (TPSA) is 59.8 Å². The average molecular weight is 346 g/mol. The van der Waals surface area contributed by atoms with Gasteiger partial charge in [0.1, 0.15) is 12.7 Å². The Morgan fingerprint density at radius 3 is 2.77 bits per heavy atom. The molecule has 0 saturated carbocycles. The summed E-state index contributed by atoms with van der Waals surface area (Å²) in [5.41, 5.74) is 3.54. The second-order valence-electron chi connectivity index (χ2n) is 6.73. The zero-order chi connectivity index (χ0) is 17.8. The number of fused-ring (bicyclic) bond motifs is 1. The van der Waals surface area contributed by atoms with E-state index in [0.717, 1.165) is 24.8 Å². The van der Waals surface area contributed by atoms with Crippen LogP contribution in [0, 0.1) is 0 Å². The summed E-state index contributed by atoms with van der Waals surface area (Å²) in [6.07, 6.45) is 6.20. The van der Waals surface area contributed by atoms with Crippen LogP contribution in [0.4, 0.5) is 0 Å². The Labute approximate surface area is 153 Å². The van der Waals surface area contributed by atoms with Crippen molar-refractivity contribution < 1.29 is 4.79 Å². The highest BCUT2D eigenvalue weighted by Gasteiger charge is 2.28. The summed E-state index contributed by atoms with van der Waals surface area (Å²) in [5, 5.41) is 7.45. The van der Waals surface area contributed by atoms with Gasteiger partial charge in [0.15, 0.2) is 0 Å². The maximum absolute atomic E-state index is 13.1. The van der Waals surface area contributed by atoms with Crippen molar-refractivity contribution in [3.8, 4) is 0 Å². The van der Waals surface area contributed by atoms with Crippen molar-refractivity contribution in [1.29, 1.82) is 0 Å². The normalized spacial score (nSPS) is 17.3. The first kappa shape index (κ1) is 16.5. The fourth-order valence-electron chi connectivity index (χ4n) is 3.73. The van der Waals surface area contributed by atoms with Crippen LogP contribution in [0.3, 0.4) is 0 Å². The van der Waals surface area contributed by atoms with Crippen molar-refractivity contribution in [1.82, 2.24) is 20.1 Å². The third-order valence-electron chi connectivity index (χ3n) is 5.04. The zero-order valence-corrected chi connectivity index (χ0v) is 14.6. The third kappa shape index (κ3) is 3.52. The molecule has 2 unspecified atom stereocenters. The highest BCUT2D eigenvalue weighted by Crippen LogP contribution is 2.32. The van der Waals surface area contributed by atoms with Gasteiger partial charge < -0.3 is 5.32 Å². The SMILES string of the molecule is O=C(NC(Cn1cncn1)c1ccccc1)C1CCCc2ccccc21. The molecule has 132 valence electrons. The summed E-state index contributed by atoms with van der Waals surface area (Å²) >= 11 is 0. The van der Waals surface area contributed by atoms with Gasteiger partial charge in [-0.05, 0) is 36.0 Å². The molecule has 0 radical (unpaired) electrons. The number of hydrogen-bond donors (Lipinski definition) is 1. The van der Waals surface area contributed by atoms with Gasteiger partial charge in [0.05, 0.1) is 18.5 Å². The molecule has 1 aliphatic carbocycles. The van der Waals surface area contributed by atoms with Crippen LogP contribution in [0.15, 0.2) is 67.3 Å². The Kier molecular flexibility index (Phi) is 4.78. The molecule has 1 heterocycles. The monoisotopic (exact) mass is 346 g/mol. The number of rotatable bonds is 5. The lowest BCUT2D eigenvalue weighted by atomic mass is 9.82. The molecule has 2 atom stereocenters. The number of amides is 1. The summed E-state index contributed by atoms with van der Waals surface area (Å²) in [6, 6.07) is 18.2. The van der Waals surface area contributed by atoms with E-state index < -0.39 is 0 Å². The predicted octanol–water partition coefficient (Wildman–Crippen LogP) is 3.26. The number of carbonyl (C=O) groups is 1. The molecule has 5 nitrogen and oxygen atoms in total. The van der Waals surface area contributed by atoms with Gasteiger partial charge >= 0.3 is 0 Å². The van der Waals surface area contributed by atoms with E-state index in [2.05, 4.69) is 33.6 Å². The molecule has 5 heteroatoms. The predicted molar refractivity (Wildman–Crippen MR) is 99.5 cm³/mol. The molecule has 0 fully saturated rings. The van der Waals surface area contributed by atoms with Crippen molar-refractivity contribution >= 4 is 5.91 Å². The van der Waals surface area contributed by atoms with Crippen molar-refractivity contribution in [2.75, 3.05) is 0 Å². The maximum atomic E-state index is 13.1. The van der Waals surface area contributed by atoms with Crippen molar-refractivity contribution in [2.45, 2.75) is 37.8 Å². The molecule has 0 bridgehead atoms. The number of aromatic nitrogens is 3. The minimum Gasteiger partial charge on any atom is -0.347 e. The highest BCUT2D eigenvalue weighted by molar-refractivity contribution is 5.84. The molecule has 0 spiro atoms. The lowest BCUT2D eigenvalue weighted by molar-refractivity contribution is -0.123. The molecule has 1 aliphatic rings. The van der Waals surface area contributed by atoms with Crippen LogP contribution >= 0.6 is 0 Å². The summed E-state index contributed by atoms with van der Waals surface area (Å²) in [4.78, 5) is 17.1. The maximum Gasteiger partial charge on any atom is 0.228 e. The van der Waals surface area contributed by atoms with Crippen molar-refractivity contribution in [2.24, 2.45) is 0 Å². The third-order valence-corrected chi connectivity index (χ3v) is 5.04. The highest BCUT2D eigenvalue weighted by atomic mass is 16.2. The van der Waals surface area contributed by atoms with E-state index in [4.69, 9.17) is 0 Å². The van der Waals surface area contributed by atoms with Gasteiger partial charge in [0.2, 0.25) is 5.91 Å². The van der Waals surface area contributed by atoms with Crippen LogP contribution in [-0.2, 0) is 17.8 Å². The van der Waals surface area contributed by atoms with E-state index in [1.807, 2.05) is 36.4 Å². The molecule has 26 heavy (non-hydrogen) atoms. The van der Waals surface area contributed by atoms with E-state index in [9.17, 15) is 4.79 Å². The number of aryl methyl sites for hydroxylation is 1. The average Bonchev–Trinajstić information content (AvgIpc) is 3.21. The quantitative estimate of drug-likeness (QED) is 0.771. The Bertz CT molecular complexity index is 861. The molecule has 1 amide bonds. The van der Waals surface area contributed by atoms with Crippen LogP contribution in [0.2, 0.25) is 0 Å². The van der Waals surface area contributed by atoms with Crippen LogP contribution in [0.25, 0.3) is 0 Å². The second kappa shape index (κ2) is 7.52. The van der Waals surface area contributed by atoms with Gasteiger partial charge in [-0.25, -0.2) is 4.98 Å². The molecule has 4 rings (SSSR count).